The maximum atomic E-state index is 5.47. The first-order valence-corrected chi connectivity index (χ1v) is 7.93. The molecule has 0 fully saturated rings. The molecule has 4 nitrogen and oxygen atoms in total. The lowest BCUT2D eigenvalue weighted by atomic mass is 10.0. The van der Waals surface area contributed by atoms with Crippen molar-refractivity contribution in [3.63, 3.8) is 0 Å². The van der Waals surface area contributed by atoms with E-state index in [1.807, 2.05) is 11.7 Å². The number of ether oxygens (including phenoxy) is 1. The Labute approximate surface area is 134 Å². The van der Waals surface area contributed by atoms with Crippen LogP contribution in [0, 0.1) is 6.92 Å². The van der Waals surface area contributed by atoms with Crippen LogP contribution < -0.4 is 10.1 Å². The number of nitrogens with one attached hydrogen (secondary N) is 1. The van der Waals surface area contributed by atoms with E-state index in [4.69, 9.17) is 4.74 Å². The molecule has 5 heteroatoms. The van der Waals surface area contributed by atoms with Gasteiger partial charge in [0.2, 0.25) is 0 Å². The number of hydrogen-bond donors (Lipinski definition) is 1. The van der Waals surface area contributed by atoms with Crippen LogP contribution in [0.15, 0.2) is 28.9 Å². The summed E-state index contributed by atoms with van der Waals surface area (Å²) in [6.45, 7) is 5.18. The van der Waals surface area contributed by atoms with Crippen molar-refractivity contribution in [2.24, 2.45) is 7.05 Å². The number of methoxy groups -OCH3 is 1. The fraction of sp³-hybridized carbons (Fsp3) is 0.438. The molecular weight excluding hydrogens is 330 g/mol. The number of halogens is 1. The van der Waals surface area contributed by atoms with Gasteiger partial charge in [-0.3, -0.25) is 4.68 Å². The van der Waals surface area contributed by atoms with E-state index in [1.165, 1.54) is 11.1 Å². The first-order valence-electron chi connectivity index (χ1n) is 7.13. The lowest BCUT2D eigenvalue weighted by Crippen LogP contribution is -2.26. The molecule has 21 heavy (non-hydrogen) atoms. The largest absolute Gasteiger partial charge is 0.493 e. The highest BCUT2D eigenvalue weighted by molar-refractivity contribution is 9.10. The predicted molar refractivity (Wildman–Crippen MR) is 88.8 cm³/mol. The van der Waals surface area contributed by atoms with E-state index in [-0.39, 0.29) is 6.04 Å². The molecule has 1 N–H and O–H groups in total. The van der Waals surface area contributed by atoms with Crippen LogP contribution in [-0.4, -0.2) is 23.4 Å². The Morgan fingerprint density at radius 1 is 1.43 bits per heavy atom. The van der Waals surface area contributed by atoms with Crippen LogP contribution >= 0.6 is 15.9 Å². The second-order valence-corrected chi connectivity index (χ2v) is 5.99. The Morgan fingerprint density at radius 3 is 2.81 bits per heavy atom. The van der Waals surface area contributed by atoms with Crippen LogP contribution in [0.5, 0.6) is 5.75 Å². The van der Waals surface area contributed by atoms with Gasteiger partial charge in [-0.2, -0.15) is 5.10 Å². The van der Waals surface area contributed by atoms with Gasteiger partial charge in [-0.1, -0.05) is 35.0 Å². The summed E-state index contributed by atoms with van der Waals surface area (Å²) in [6, 6.07) is 6.46. The summed E-state index contributed by atoms with van der Waals surface area (Å²) in [5, 5.41) is 7.92. The van der Waals surface area contributed by atoms with Crippen molar-refractivity contribution in [2.45, 2.75) is 26.3 Å². The minimum atomic E-state index is 0.0439. The number of aryl methyl sites for hydroxylation is 2. The van der Waals surface area contributed by atoms with Crippen LogP contribution in [0.2, 0.25) is 0 Å². The Balaban J connectivity index is 2.49. The SMILES string of the molecule is CCCNC(c1ccc(C)cc1Br)c1c(OC)cnn1C. The number of rotatable bonds is 6. The highest BCUT2D eigenvalue weighted by Crippen LogP contribution is 2.33. The van der Waals surface area contributed by atoms with Crippen molar-refractivity contribution in [1.29, 1.82) is 0 Å². The minimum Gasteiger partial charge on any atom is -0.493 e. The van der Waals surface area contributed by atoms with Gasteiger partial charge in [0.15, 0.2) is 5.75 Å². The molecule has 0 radical (unpaired) electrons. The zero-order valence-corrected chi connectivity index (χ0v) is 14.6. The fourth-order valence-electron chi connectivity index (χ4n) is 2.42. The summed E-state index contributed by atoms with van der Waals surface area (Å²) in [6.07, 6.45) is 2.83. The van der Waals surface area contributed by atoms with Crippen LogP contribution in [-0.2, 0) is 7.05 Å². The van der Waals surface area contributed by atoms with Crippen LogP contribution in [0.4, 0.5) is 0 Å². The van der Waals surface area contributed by atoms with E-state index in [0.717, 1.165) is 28.9 Å². The first kappa shape index (κ1) is 16.0. The number of nitrogens with zero attached hydrogens (tertiary/aromatic N) is 2. The smallest absolute Gasteiger partial charge is 0.161 e. The van der Waals surface area contributed by atoms with Crippen LogP contribution in [0.1, 0.15) is 36.2 Å². The van der Waals surface area contributed by atoms with Gasteiger partial charge < -0.3 is 10.1 Å². The van der Waals surface area contributed by atoms with Crippen molar-refractivity contribution < 1.29 is 4.74 Å². The zero-order valence-electron chi connectivity index (χ0n) is 13.0. The monoisotopic (exact) mass is 351 g/mol. The molecule has 0 amide bonds. The third-order valence-electron chi connectivity index (χ3n) is 3.51. The topological polar surface area (TPSA) is 39.1 Å². The summed E-state index contributed by atoms with van der Waals surface area (Å²) < 4.78 is 8.44. The van der Waals surface area contributed by atoms with E-state index in [1.54, 1.807) is 13.3 Å². The summed E-state index contributed by atoms with van der Waals surface area (Å²) >= 11 is 3.69. The second kappa shape index (κ2) is 7.09. The van der Waals surface area contributed by atoms with E-state index in [2.05, 4.69) is 58.4 Å². The molecule has 1 unspecified atom stereocenters. The third kappa shape index (κ3) is 3.47. The standard InChI is InChI=1S/C16H22BrN3O/c1-5-8-18-15(12-7-6-11(2)9-13(12)17)16-14(21-4)10-19-20(16)3/h6-7,9-10,15,18H,5,8H2,1-4H3. The zero-order chi connectivity index (χ0) is 15.4. The van der Waals surface area contributed by atoms with E-state index < -0.39 is 0 Å². The Morgan fingerprint density at radius 2 is 2.19 bits per heavy atom. The molecule has 1 atom stereocenters. The molecule has 1 aromatic heterocycles. The Bertz CT molecular complexity index is 610. The predicted octanol–water partition coefficient (Wildman–Crippen LogP) is 3.59. The summed E-state index contributed by atoms with van der Waals surface area (Å²) in [7, 11) is 3.63. The second-order valence-electron chi connectivity index (χ2n) is 5.13. The van der Waals surface area contributed by atoms with Gasteiger partial charge >= 0.3 is 0 Å². The average Bonchev–Trinajstić information content (AvgIpc) is 2.82. The van der Waals surface area contributed by atoms with Crippen molar-refractivity contribution in [3.05, 3.63) is 45.7 Å². The lowest BCUT2D eigenvalue weighted by molar-refractivity contribution is 0.400. The first-order chi connectivity index (χ1) is 10.1. The Hall–Kier alpha value is -1.33. The molecule has 0 saturated carbocycles. The van der Waals surface area contributed by atoms with Gasteiger partial charge in [-0.25, -0.2) is 0 Å². The molecule has 0 saturated heterocycles. The number of hydrogen-bond acceptors (Lipinski definition) is 3. The summed E-state index contributed by atoms with van der Waals surface area (Å²) in [5.41, 5.74) is 3.46. The average molecular weight is 352 g/mol. The molecule has 0 aliphatic carbocycles. The normalized spacial score (nSPS) is 12.4. The fourth-order valence-corrected chi connectivity index (χ4v) is 3.14. The van der Waals surface area contributed by atoms with Gasteiger partial charge in [-0.05, 0) is 37.1 Å². The molecule has 0 aliphatic rings. The maximum absolute atomic E-state index is 5.47. The van der Waals surface area contributed by atoms with E-state index in [0.29, 0.717) is 0 Å². The highest BCUT2D eigenvalue weighted by atomic mass is 79.9. The van der Waals surface area contributed by atoms with Gasteiger partial charge in [0, 0.05) is 11.5 Å². The quantitative estimate of drug-likeness (QED) is 0.864. The molecule has 0 aliphatic heterocycles. The molecule has 0 bridgehead atoms. The van der Waals surface area contributed by atoms with Crippen molar-refractivity contribution in [3.8, 4) is 5.75 Å². The summed E-state index contributed by atoms with van der Waals surface area (Å²) in [5.74, 6) is 0.804. The molecule has 2 aromatic rings. The van der Waals surface area contributed by atoms with Crippen molar-refractivity contribution in [1.82, 2.24) is 15.1 Å². The third-order valence-corrected chi connectivity index (χ3v) is 4.19. The van der Waals surface area contributed by atoms with Gasteiger partial charge in [0.05, 0.1) is 19.3 Å². The Kier molecular flexibility index (Phi) is 5.42. The minimum absolute atomic E-state index is 0.0439. The number of benzene rings is 1. The van der Waals surface area contributed by atoms with Gasteiger partial charge in [0.1, 0.15) is 5.69 Å². The van der Waals surface area contributed by atoms with Crippen molar-refractivity contribution >= 4 is 15.9 Å². The molecule has 114 valence electrons. The molecule has 1 aromatic carbocycles. The van der Waals surface area contributed by atoms with E-state index >= 15 is 0 Å². The van der Waals surface area contributed by atoms with Gasteiger partial charge in [-0.15, -0.1) is 0 Å². The summed E-state index contributed by atoms with van der Waals surface area (Å²) in [4.78, 5) is 0. The molecule has 0 spiro atoms. The van der Waals surface area contributed by atoms with Crippen molar-refractivity contribution in [2.75, 3.05) is 13.7 Å². The highest BCUT2D eigenvalue weighted by Gasteiger charge is 2.23. The molecule has 1 heterocycles. The van der Waals surface area contributed by atoms with Gasteiger partial charge in [0.25, 0.3) is 0 Å². The maximum Gasteiger partial charge on any atom is 0.161 e. The lowest BCUT2D eigenvalue weighted by Gasteiger charge is -2.22. The van der Waals surface area contributed by atoms with E-state index in [9.17, 15) is 0 Å². The molecule has 2 rings (SSSR count). The molecular formula is C16H22BrN3O. The number of aromatic nitrogens is 2. The van der Waals surface area contributed by atoms with Crippen LogP contribution in [0.25, 0.3) is 0 Å². The van der Waals surface area contributed by atoms with Crippen LogP contribution in [0.3, 0.4) is 0 Å².